The largest absolute Gasteiger partial charge is 0.324 e. The van der Waals surface area contributed by atoms with E-state index in [9.17, 15) is 9.59 Å². The molecule has 4 N–H and O–H groups in total. The fourth-order valence-corrected chi connectivity index (χ4v) is 4.09. The summed E-state index contributed by atoms with van der Waals surface area (Å²) in [5, 5.41) is 12.9. The molecule has 0 aliphatic rings. The average molecular weight is 467 g/mol. The van der Waals surface area contributed by atoms with Crippen molar-refractivity contribution >= 4 is 23.2 Å². The lowest BCUT2D eigenvalue weighted by molar-refractivity contribution is -0.119. The first-order valence-electron chi connectivity index (χ1n) is 12.5. The molecule has 2 aromatic rings. The molecule has 6 heteroatoms. The van der Waals surface area contributed by atoms with Crippen LogP contribution in [0.2, 0.25) is 0 Å². The van der Waals surface area contributed by atoms with Crippen molar-refractivity contribution in [2.24, 2.45) is 0 Å². The van der Waals surface area contributed by atoms with Crippen LogP contribution in [-0.4, -0.2) is 37.0 Å². The van der Waals surface area contributed by atoms with Gasteiger partial charge in [0.25, 0.3) is 0 Å². The third-order valence-corrected chi connectivity index (χ3v) is 6.29. The smallest absolute Gasteiger partial charge is 0.241 e. The second-order valence-corrected chi connectivity index (χ2v) is 9.05. The molecule has 0 spiro atoms. The van der Waals surface area contributed by atoms with E-state index >= 15 is 0 Å². The van der Waals surface area contributed by atoms with Crippen LogP contribution >= 0.6 is 0 Å². The Kier molecular flexibility index (Phi) is 11.2. The van der Waals surface area contributed by atoms with Gasteiger partial charge in [-0.15, -0.1) is 0 Å². The van der Waals surface area contributed by atoms with Crippen molar-refractivity contribution in [3.05, 3.63) is 58.7 Å². The molecule has 2 atom stereocenters. The molecule has 0 heterocycles. The van der Waals surface area contributed by atoms with Crippen molar-refractivity contribution in [3.8, 4) is 0 Å². The predicted molar refractivity (Wildman–Crippen MR) is 142 cm³/mol. The molecule has 2 rings (SSSR count). The molecule has 34 heavy (non-hydrogen) atoms. The monoisotopic (exact) mass is 466 g/mol. The van der Waals surface area contributed by atoms with Gasteiger partial charge in [0.05, 0.1) is 12.1 Å². The Morgan fingerprint density at radius 1 is 0.647 bits per heavy atom. The minimum absolute atomic E-state index is 0.00671. The summed E-state index contributed by atoms with van der Waals surface area (Å²) in [6.07, 6.45) is 3.31. The van der Waals surface area contributed by atoms with E-state index < -0.39 is 0 Å². The number of hydrogen-bond donors (Lipinski definition) is 4. The Morgan fingerprint density at radius 3 is 1.26 bits per heavy atom. The Labute approximate surface area is 205 Å². The van der Waals surface area contributed by atoms with Crippen molar-refractivity contribution in [1.82, 2.24) is 10.6 Å². The lowest BCUT2D eigenvalue weighted by atomic mass is 10.1. The van der Waals surface area contributed by atoms with Gasteiger partial charge >= 0.3 is 0 Å². The number of rotatable bonds is 13. The second-order valence-electron chi connectivity index (χ2n) is 9.05. The number of benzene rings is 2. The summed E-state index contributed by atoms with van der Waals surface area (Å²) in [5.41, 5.74) is 6.09. The maximum Gasteiger partial charge on any atom is 0.241 e. The van der Waals surface area contributed by atoms with Gasteiger partial charge in [-0.25, -0.2) is 0 Å². The molecule has 6 nitrogen and oxygen atoms in total. The van der Waals surface area contributed by atoms with Crippen molar-refractivity contribution < 1.29 is 9.59 Å². The van der Waals surface area contributed by atoms with E-state index in [1.165, 1.54) is 0 Å². The lowest BCUT2D eigenvalue weighted by Gasteiger charge is -2.20. The van der Waals surface area contributed by atoms with Crippen LogP contribution in [0.1, 0.15) is 61.8 Å². The number of carbonyl (C=O) groups is 2. The SMILES string of the molecule is CCC(NCCCCNC(CC)C(=O)Nc1c(C)cccc1C)C(=O)Nc1c(C)cccc1C. The Morgan fingerprint density at radius 2 is 0.971 bits per heavy atom. The molecule has 0 fully saturated rings. The van der Waals surface area contributed by atoms with E-state index in [0.717, 1.165) is 72.4 Å². The maximum absolute atomic E-state index is 12.7. The van der Waals surface area contributed by atoms with Crippen LogP contribution < -0.4 is 21.3 Å². The molecule has 0 saturated carbocycles. The van der Waals surface area contributed by atoms with Gasteiger partial charge < -0.3 is 21.3 Å². The number of para-hydroxylation sites is 2. The van der Waals surface area contributed by atoms with Crippen LogP contribution in [0.4, 0.5) is 11.4 Å². The first kappa shape index (κ1) is 27.5. The summed E-state index contributed by atoms with van der Waals surface area (Å²) in [6, 6.07) is 11.6. The molecule has 0 radical (unpaired) electrons. The van der Waals surface area contributed by atoms with Gasteiger partial charge in [-0.2, -0.15) is 0 Å². The molecule has 0 aliphatic heterocycles. The lowest BCUT2D eigenvalue weighted by Crippen LogP contribution is -2.42. The highest BCUT2D eigenvalue weighted by Crippen LogP contribution is 2.20. The van der Waals surface area contributed by atoms with Gasteiger partial charge in [0.1, 0.15) is 0 Å². The van der Waals surface area contributed by atoms with Crippen LogP contribution in [-0.2, 0) is 9.59 Å². The van der Waals surface area contributed by atoms with E-state index in [2.05, 4.69) is 21.3 Å². The van der Waals surface area contributed by atoms with Gasteiger partial charge in [0.15, 0.2) is 0 Å². The summed E-state index contributed by atoms with van der Waals surface area (Å²) >= 11 is 0. The fourth-order valence-electron chi connectivity index (χ4n) is 4.09. The molecule has 0 bridgehead atoms. The van der Waals surface area contributed by atoms with Crippen molar-refractivity contribution in [1.29, 1.82) is 0 Å². The van der Waals surface area contributed by atoms with Gasteiger partial charge in [-0.1, -0.05) is 50.2 Å². The summed E-state index contributed by atoms with van der Waals surface area (Å²) in [5.74, 6) is 0.0134. The van der Waals surface area contributed by atoms with Crippen LogP contribution in [0, 0.1) is 27.7 Å². The van der Waals surface area contributed by atoms with Crippen LogP contribution in [0.5, 0.6) is 0 Å². The molecule has 2 aromatic carbocycles. The fraction of sp³-hybridized carbons (Fsp3) is 0.500. The number of aryl methyl sites for hydroxylation is 4. The van der Waals surface area contributed by atoms with Gasteiger partial charge in [0, 0.05) is 11.4 Å². The number of anilines is 2. The van der Waals surface area contributed by atoms with Crippen LogP contribution in [0.15, 0.2) is 36.4 Å². The molecule has 2 unspecified atom stereocenters. The third-order valence-electron chi connectivity index (χ3n) is 6.29. The van der Waals surface area contributed by atoms with Crippen LogP contribution in [0.25, 0.3) is 0 Å². The Bertz CT molecular complexity index is 839. The van der Waals surface area contributed by atoms with Gasteiger partial charge in [-0.3, -0.25) is 9.59 Å². The first-order valence-corrected chi connectivity index (χ1v) is 12.5. The van der Waals surface area contributed by atoms with E-state index in [1.807, 2.05) is 77.9 Å². The quantitative estimate of drug-likeness (QED) is 0.313. The minimum Gasteiger partial charge on any atom is -0.324 e. The maximum atomic E-state index is 12.7. The topological polar surface area (TPSA) is 82.3 Å². The Hall–Kier alpha value is -2.70. The molecule has 0 saturated heterocycles. The highest BCUT2D eigenvalue weighted by atomic mass is 16.2. The van der Waals surface area contributed by atoms with Gasteiger partial charge in [-0.05, 0) is 88.7 Å². The number of carbonyl (C=O) groups excluding carboxylic acids is 2. The highest BCUT2D eigenvalue weighted by Gasteiger charge is 2.18. The highest BCUT2D eigenvalue weighted by molar-refractivity contribution is 5.96. The van der Waals surface area contributed by atoms with Crippen LogP contribution in [0.3, 0.4) is 0 Å². The number of hydrogen-bond acceptors (Lipinski definition) is 4. The summed E-state index contributed by atoms with van der Waals surface area (Å²) < 4.78 is 0. The zero-order chi connectivity index (χ0) is 25.1. The normalized spacial score (nSPS) is 12.8. The van der Waals surface area contributed by atoms with Gasteiger partial charge in [0.2, 0.25) is 11.8 Å². The first-order chi connectivity index (χ1) is 16.3. The van der Waals surface area contributed by atoms with E-state index in [-0.39, 0.29) is 23.9 Å². The summed E-state index contributed by atoms with van der Waals surface area (Å²) in [4.78, 5) is 25.5. The van der Waals surface area contributed by atoms with E-state index in [1.54, 1.807) is 0 Å². The molecular formula is C28H42N4O2. The van der Waals surface area contributed by atoms with Crippen molar-refractivity contribution in [2.75, 3.05) is 23.7 Å². The summed E-state index contributed by atoms with van der Waals surface area (Å²) in [7, 11) is 0. The molecule has 2 amide bonds. The average Bonchev–Trinajstić information content (AvgIpc) is 2.80. The third kappa shape index (κ3) is 7.96. The molecular weight excluding hydrogens is 424 g/mol. The number of unbranched alkanes of at least 4 members (excludes halogenated alkanes) is 1. The van der Waals surface area contributed by atoms with Crippen molar-refractivity contribution in [2.45, 2.75) is 79.3 Å². The second kappa shape index (κ2) is 13.9. The minimum atomic E-state index is -0.224. The van der Waals surface area contributed by atoms with E-state index in [0.29, 0.717) is 0 Å². The number of amides is 2. The molecule has 186 valence electrons. The standard InChI is InChI=1S/C28H42N4O2/c1-7-23(27(33)31-25-19(3)13-11-14-20(25)4)29-17-9-10-18-30-24(8-2)28(34)32-26-21(5)15-12-16-22(26)6/h11-16,23-24,29-30H,7-10,17-18H2,1-6H3,(H,31,33)(H,32,34). The van der Waals surface area contributed by atoms with Crippen molar-refractivity contribution in [3.63, 3.8) is 0 Å². The van der Waals surface area contributed by atoms with E-state index in [4.69, 9.17) is 0 Å². The predicted octanol–water partition coefficient (Wildman–Crippen LogP) is 5.01. The zero-order valence-electron chi connectivity index (χ0n) is 21.7. The Balaban J connectivity index is 1.73. The molecule has 0 aromatic heterocycles. The number of nitrogens with one attached hydrogen (secondary N) is 4. The zero-order valence-corrected chi connectivity index (χ0v) is 21.7. The summed E-state index contributed by atoms with van der Waals surface area (Å²) in [6.45, 7) is 13.6. The molecule has 0 aliphatic carbocycles.